The molecule has 0 unspecified atom stereocenters. The van der Waals surface area contributed by atoms with Gasteiger partial charge < -0.3 is 30.2 Å². The number of aromatic amines is 1. The molecule has 168 valence electrons. The van der Waals surface area contributed by atoms with Crippen molar-refractivity contribution in [3.05, 3.63) is 30.6 Å². The summed E-state index contributed by atoms with van der Waals surface area (Å²) in [6.07, 6.45) is 4.12. The number of aromatic nitrogens is 4. The van der Waals surface area contributed by atoms with Crippen LogP contribution in [0.2, 0.25) is 0 Å². The Morgan fingerprint density at radius 2 is 1.94 bits per heavy atom. The zero-order valence-corrected chi connectivity index (χ0v) is 18.0. The van der Waals surface area contributed by atoms with E-state index in [2.05, 4.69) is 47.6 Å². The number of H-pyrrole nitrogens is 1. The SMILES string of the molecule is O=C1CCCN1CCCNc1nc(Nc2ccc(N3CCOCC3)cc2)nc2nc[nH]c12. The quantitative estimate of drug-likeness (QED) is 0.462. The van der Waals surface area contributed by atoms with Crippen molar-refractivity contribution < 1.29 is 9.53 Å². The highest BCUT2D eigenvalue weighted by Gasteiger charge is 2.19. The molecule has 0 aliphatic carbocycles. The molecule has 32 heavy (non-hydrogen) atoms. The minimum absolute atomic E-state index is 0.258. The van der Waals surface area contributed by atoms with E-state index in [1.165, 1.54) is 5.69 Å². The number of nitrogens with one attached hydrogen (secondary N) is 3. The normalized spacial score (nSPS) is 16.7. The third-order valence-corrected chi connectivity index (χ3v) is 5.85. The molecule has 0 spiro atoms. The van der Waals surface area contributed by atoms with Gasteiger partial charge in [-0.25, -0.2) is 4.98 Å². The van der Waals surface area contributed by atoms with Crippen LogP contribution in [0.4, 0.5) is 23.1 Å². The first kappa shape index (κ1) is 20.5. The Labute approximate surface area is 186 Å². The van der Waals surface area contributed by atoms with Crippen LogP contribution in [0.15, 0.2) is 30.6 Å². The van der Waals surface area contributed by atoms with Gasteiger partial charge in [-0.1, -0.05) is 0 Å². The Balaban J connectivity index is 1.23. The first-order valence-corrected chi connectivity index (χ1v) is 11.2. The molecule has 2 aromatic heterocycles. The number of amides is 1. The van der Waals surface area contributed by atoms with Gasteiger partial charge in [-0.2, -0.15) is 9.97 Å². The number of nitrogens with zero attached hydrogens (tertiary/aromatic N) is 5. The van der Waals surface area contributed by atoms with Crippen molar-refractivity contribution in [2.24, 2.45) is 0 Å². The first-order valence-electron chi connectivity index (χ1n) is 11.2. The van der Waals surface area contributed by atoms with E-state index >= 15 is 0 Å². The van der Waals surface area contributed by atoms with Gasteiger partial charge in [0.2, 0.25) is 11.9 Å². The molecule has 0 saturated carbocycles. The molecule has 2 saturated heterocycles. The van der Waals surface area contributed by atoms with Crippen molar-refractivity contribution in [1.82, 2.24) is 24.8 Å². The van der Waals surface area contributed by atoms with Crippen LogP contribution in [-0.2, 0) is 9.53 Å². The lowest BCUT2D eigenvalue weighted by molar-refractivity contribution is -0.127. The lowest BCUT2D eigenvalue weighted by atomic mass is 10.2. The summed E-state index contributed by atoms with van der Waals surface area (Å²) < 4.78 is 5.43. The van der Waals surface area contributed by atoms with Crippen LogP contribution in [0, 0.1) is 0 Å². The molecule has 0 bridgehead atoms. The molecular formula is C22H28N8O2. The molecule has 0 radical (unpaired) electrons. The van der Waals surface area contributed by atoms with Crippen LogP contribution in [0.5, 0.6) is 0 Å². The van der Waals surface area contributed by atoms with Gasteiger partial charge in [0.15, 0.2) is 11.5 Å². The van der Waals surface area contributed by atoms with E-state index in [1.54, 1.807) is 6.33 Å². The van der Waals surface area contributed by atoms with E-state index in [0.717, 1.165) is 63.4 Å². The second-order valence-corrected chi connectivity index (χ2v) is 8.03. The Morgan fingerprint density at radius 3 is 2.72 bits per heavy atom. The molecule has 1 aromatic carbocycles. The van der Waals surface area contributed by atoms with Crippen molar-refractivity contribution >= 4 is 40.2 Å². The Bertz CT molecular complexity index is 1060. The average molecular weight is 437 g/mol. The zero-order chi connectivity index (χ0) is 21.8. The summed E-state index contributed by atoms with van der Waals surface area (Å²) in [4.78, 5) is 32.6. The molecule has 2 fully saturated rings. The second kappa shape index (κ2) is 9.39. The van der Waals surface area contributed by atoms with Gasteiger partial charge in [0.05, 0.1) is 19.5 Å². The maximum absolute atomic E-state index is 11.8. The monoisotopic (exact) mass is 436 g/mol. The van der Waals surface area contributed by atoms with Crippen LogP contribution in [0.1, 0.15) is 19.3 Å². The Morgan fingerprint density at radius 1 is 1.09 bits per heavy atom. The fourth-order valence-corrected chi connectivity index (χ4v) is 4.14. The molecule has 2 aliphatic rings. The number of carbonyl (C=O) groups excluding carboxylic acids is 1. The summed E-state index contributed by atoms with van der Waals surface area (Å²) in [5.41, 5.74) is 3.47. The van der Waals surface area contributed by atoms with E-state index in [1.807, 2.05) is 17.0 Å². The fraction of sp³-hybridized carbons (Fsp3) is 0.455. The highest BCUT2D eigenvalue weighted by atomic mass is 16.5. The lowest BCUT2D eigenvalue weighted by Gasteiger charge is -2.28. The molecule has 0 atom stereocenters. The minimum atomic E-state index is 0.258. The second-order valence-electron chi connectivity index (χ2n) is 8.03. The number of hydrogen-bond donors (Lipinski definition) is 3. The van der Waals surface area contributed by atoms with E-state index in [4.69, 9.17) is 4.74 Å². The number of anilines is 4. The lowest BCUT2D eigenvalue weighted by Crippen LogP contribution is -2.36. The van der Waals surface area contributed by atoms with Gasteiger partial charge in [0, 0.05) is 50.5 Å². The predicted molar refractivity (Wildman–Crippen MR) is 123 cm³/mol. The topological polar surface area (TPSA) is 111 Å². The summed E-state index contributed by atoms with van der Waals surface area (Å²) in [5.74, 6) is 1.45. The highest BCUT2D eigenvalue weighted by Crippen LogP contribution is 2.23. The maximum atomic E-state index is 11.8. The number of benzene rings is 1. The highest BCUT2D eigenvalue weighted by molar-refractivity contribution is 5.84. The number of ether oxygens (including phenoxy) is 1. The van der Waals surface area contributed by atoms with Crippen molar-refractivity contribution in [1.29, 1.82) is 0 Å². The van der Waals surface area contributed by atoms with Crippen LogP contribution < -0.4 is 15.5 Å². The van der Waals surface area contributed by atoms with Gasteiger partial charge in [0.25, 0.3) is 0 Å². The van der Waals surface area contributed by atoms with E-state index < -0.39 is 0 Å². The Kier molecular flexibility index (Phi) is 6.02. The molecule has 10 heteroatoms. The van der Waals surface area contributed by atoms with Gasteiger partial charge >= 0.3 is 0 Å². The molecule has 3 N–H and O–H groups in total. The average Bonchev–Trinajstić information content (AvgIpc) is 3.46. The molecule has 5 rings (SSSR count). The number of likely N-dealkylation sites (tertiary alicyclic amines) is 1. The molecule has 10 nitrogen and oxygen atoms in total. The van der Waals surface area contributed by atoms with Gasteiger partial charge in [-0.05, 0) is 37.1 Å². The van der Waals surface area contributed by atoms with Crippen LogP contribution in [0.3, 0.4) is 0 Å². The molecule has 2 aliphatic heterocycles. The molecular weight excluding hydrogens is 408 g/mol. The third-order valence-electron chi connectivity index (χ3n) is 5.85. The summed E-state index contributed by atoms with van der Waals surface area (Å²) in [5, 5.41) is 6.66. The van der Waals surface area contributed by atoms with Gasteiger partial charge in [-0.3, -0.25) is 4.79 Å². The minimum Gasteiger partial charge on any atom is -0.378 e. The largest absolute Gasteiger partial charge is 0.378 e. The number of imidazole rings is 1. The first-order chi connectivity index (χ1) is 15.8. The van der Waals surface area contributed by atoms with Crippen LogP contribution >= 0.6 is 0 Å². The van der Waals surface area contributed by atoms with Crippen molar-refractivity contribution in [2.75, 3.05) is 61.5 Å². The number of morpholine rings is 1. The van der Waals surface area contributed by atoms with E-state index in [0.29, 0.717) is 30.4 Å². The Hall–Kier alpha value is -3.40. The smallest absolute Gasteiger partial charge is 0.231 e. The van der Waals surface area contributed by atoms with Crippen molar-refractivity contribution in [3.63, 3.8) is 0 Å². The molecule has 4 heterocycles. The summed E-state index contributed by atoms with van der Waals surface area (Å²) in [6.45, 7) is 5.70. The number of fused-ring (bicyclic) bond motifs is 1. The molecule has 1 amide bonds. The van der Waals surface area contributed by atoms with E-state index in [-0.39, 0.29) is 5.91 Å². The summed E-state index contributed by atoms with van der Waals surface area (Å²) in [6, 6.07) is 8.26. The van der Waals surface area contributed by atoms with Crippen molar-refractivity contribution in [2.45, 2.75) is 19.3 Å². The zero-order valence-electron chi connectivity index (χ0n) is 18.0. The predicted octanol–water partition coefficient (Wildman–Crippen LogP) is 2.36. The van der Waals surface area contributed by atoms with E-state index in [9.17, 15) is 4.79 Å². The summed E-state index contributed by atoms with van der Waals surface area (Å²) in [7, 11) is 0. The van der Waals surface area contributed by atoms with Crippen LogP contribution in [0.25, 0.3) is 11.2 Å². The van der Waals surface area contributed by atoms with Gasteiger partial charge in [-0.15, -0.1) is 0 Å². The third kappa shape index (κ3) is 4.59. The number of carbonyl (C=O) groups is 1. The standard InChI is InChI=1S/C22H28N8O2/c31-18-3-1-9-30(18)10-2-8-23-20-19-21(25-15-24-19)28-22(27-20)26-16-4-6-17(7-5-16)29-11-13-32-14-12-29/h4-7,15H,1-3,8-14H2,(H3,23,24,25,26,27,28). The van der Waals surface area contributed by atoms with Crippen molar-refractivity contribution in [3.8, 4) is 0 Å². The summed E-state index contributed by atoms with van der Waals surface area (Å²) >= 11 is 0. The van der Waals surface area contributed by atoms with Crippen LogP contribution in [-0.4, -0.2) is 76.7 Å². The van der Waals surface area contributed by atoms with Gasteiger partial charge in [0.1, 0.15) is 5.52 Å². The molecule has 3 aromatic rings. The fourth-order valence-electron chi connectivity index (χ4n) is 4.14. The number of hydrogen-bond acceptors (Lipinski definition) is 8. The number of rotatable bonds is 8. The maximum Gasteiger partial charge on any atom is 0.231 e.